The number of hydrogen-bond acceptors (Lipinski definition) is 1. The molecular weight excluding hydrogens is 230 g/mol. The maximum atomic E-state index is 6.44. The molecule has 104 valence electrons. The predicted molar refractivity (Wildman–Crippen MR) is 81.2 cm³/mol. The van der Waals surface area contributed by atoms with Gasteiger partial charge in [0.2, 0.25) is 0 Å². The first-order chi connectivity index (χ1) is 9.11. The van der Waals surface area contributed by atoms with Gasteiger partial charge < -0.3 is 5.73 Å². The molecule has 0 amide bonds. The fraction of sp³-hybridized carbons (Fsp3) is 0.667. The Kier molecular flexibility index (Phi) is 3.66. The zero-order chi connectivity index (χ0) is 13.4. The Labute approximate surface area is 117 Å². The van der Waals surface area contributed by atoms with Crippen molar-refractivity contribution in [3.8, 4) is 0 Å². The standard InChI is InChI=1S/C18H27N/c1-12-3-4-13(2)16(7-12)10-18(19)11-17-9-14-5-6-15(17)8-14/h3-4,7,14-15,17-18H,5-6,8-11,19H2,1-2H3. The average molecular weight is 257 g/mol. The van der Waals surface area contributed by atoms with Gasteiger partial charge >= 0.3 is 0 Å². The van der Waals surface area contributed by atoms with E-state index in [1.54, 1.807) is 0 Å². The van der Waals surface area contributed by atoms with E-state index in [1.807, 2.05) is 0 Å². The molecule has 0 aromatic heterocycles. The molecule has 1 aromatic rings. The first-order valence-corrected chi connectivity index (χ1v) is 7.93. The third-order valence-electron chi connectivity index (χ3n) is 5.48. The fourth-order valence-electron chi connectivity index (χ4n) is 4.44. The number of fused-ring (bicyclic) bond motifs is 2. The molecule has 1 heteroatoms. The monoisotopic (exact) mass is 257 g/mol. The first kappa shape index (κ1) is 13.2. The summed E-state index contributed by atoms with van der Waals surface area (Å²) in [4.78, 5) is 0. The van der Waals surface area contributed by atoms with Crippen LogP contribution in [0.5, 0.6) is 0 Å². The van der Waals surface area contributed by atoms with Crippen LogP contribution in [0.4, 0.5) is 0 Å². The minimum Gasteiger partial charge on any atom is -0.327 e. The molecule has 0 spiro atoms. The summed E-state index contributed by atoms with van der Waals surface area (Å²) in [5.74, 6) is 2.98. The molecule has 19 heavy (non-hydrogen) atoms. The van der Waals surface area contributed by atoms with E-state index in [0.717, 1.165) is 24.2 Å². The Morgan fingerprint density at radius 2 is 2.05 bits per heavy atom. The van der Waals surface area contributed by atoms with E-state index >= 15 is 0 Å². The van der Waals surface area contributed by atoms with Crippen LogP contribution in [0, 0.1) is 31.6 Å². The number of hydrogen-bond donors (Lipinski definition) is 1. The van der Waals surface area contributed by atoms with Gasteiger partial charge in [0, 0.05) is 6.04 Å². The Morgan fingerprint density at radius 1 is 1.21 bits per heavy atom. The van der Waals surface area contributed by atoms with Crippen molar-refractivity contribution in [3.63, 3.8) is 0 Å². The molecule has 0 heterocycles. The summed E-state index contributed by atoms with van der Waals surface area (Å²) in [6.07, 6.45) is 8.24. The molecule has 4 unspecified atom stereocenters. The molecular formula is C18H27N. The van der Waals surface area contributed by atoms with E-state index in [9.17, 15) is 0 Å². The van der Waals surface area contributed by atoms with Gasteiger partial charge in [-0.25, -0.2) is 0 Å². The van der Waals surface area contributed by atoms with Crippen LogP contribution in [-0.2, 0) is 6.42 Å². The minimum absolute atomic E-state index is 0.352. The van der Waals surface area contributed by atoms with Crippen LogP contribution in [0.2, 0.25) is 0 Å². The van der Waals surface area contributed by atoms with E-state index in [-0.39, 0.29) is 0 Å². The second kappa shape index (κ2) is 5.28. The second-order valence-corrected chi connectivity index (χ2v) is 7.06. The van der Waals surface area contributed by atoms with Crippen LogP contribution < -0.4 is 5.73 Å². The summed E-state index contributed by atoms with van der Waals surface area (Å²) >= 11 is 0. The Hall–Kier alpha value is -0.820. The Bertz CT molecular complexity index is 451. The van der Waals surface area contributed by atoms with E-state index in [1.165, 1.54) is 48.8 Å². The summed E-state index contributed by atoms with van der Waals surface area (Å²) in [5, 5.41) is 0. The molecule has 2 saturated carbocycles. The van der Waals surface area contributed by atoms with Crippen LogP contribution in [0.1, 0.15) is 48.8 Å². The zero-order valence-corrected chi connectivity index (χ0v) is 12.4. The molecule has 3 rings (SSSR count). The van der Waals surface area contributed by atoms with Crippen LogP contribution >= 0.6 is 0 Å². The summed E-state index contributed by atoms with van der Waals surface area (Å²) in [6, 6.07) is 7.09. The summed E-state index contributed by atoms with van der Waals surface area (Å²) in [7, 11) is 0. The molecule has 2 N–H and O–H groups in total. The van der Waals surface area contributed by atoms with Crippen LogP contribution in [0.3, 0.4) is 0 Å². The van der Waals surface area contributed by atoms with Crippen LogP contribution in [0.15, 0.2) is 18.2 Å². The van der Waals surface area contributed by atoms with Crippen molar-refractivity contribution < 1.29 is 0 Å². The van der Waals surface area contributed by atoms with Gasteiger partial charge in [-0.15, -0.1) is 0 Å². The van der Waals surface area contributed by atoms with Crippen molar-refractivity contribution in [1.82, 2.24) is 0 Å². The van der Waals surface area contributed by atoms with Gasteiger partial charge in [0.05, 0.1) is 0 Å². The Morgan fingerprint density at radius 3 is 2.74 bits per heavy atom. The highest BCUT2D eigenvalue weighted by Gasteiger charge is 2.39. The van der Waals surface area contributed by atoms with Crippen LogP contribution in [-0.4, -0.2) is 6.04 Å². The highest BCUT2D eigenvalue weighted by atomic mass is 14.6. The molecule has 1 nitrogen and oxygen atoms in total. The predicted octanol–water partition coefficient (Wildman–Crippen LogP) is 4.00. The van der Waals surface area contributed by atoms with Gasteiger partial charge in [-0.2, -0.15) is 0 Å². The molecule has 2 bridgehead atoms. The maximum absolute atomic E-state index is 6.44. The minimum atomic E-state index is 0.352. The number of nitrogens with two attached hydrogens (primary N) is 1. The van der Waals surface area contributed by atoms with Crippen molar-refractivity contribution in [3.05, 3.63) is 34.9 Å². The smallest absolute Gasteiger partial charge is 0.00821 e. The molecule has 0 saturated heterocycles. The molecule has 2 aliphatic rings. The lowest BCUT2D eigenvalue weighted by Crippen LogP contribution is -2.28. The lowest BCUT2D eigenvalue weighted by Gasteiger charge is -2.25. The topological polar surface area (TPSA) is 26.0 Å². The number of benzene rings is 1. The van der Waals surface area contributed by atoms with E-state index in [0.29, 0.717) is 6.04 Å². The maximum Gasteiger partial charge on any atom is 0.00821 e. The van der Waals surface area contributed by atoms with Crippen molar-refractivity contribution >= 4 is 0 Å². The zero-order valence-electron chi connectivity index (χ0n) is 12.4. The molecule has 0 radical (unpaired) electrons. The number of aryl methyl sites for hydroxylation is 2. The first-order valence-electron chi connectivity index (χ1n) is 7.93. The van der Waals surface area contributed by atoms with Crippen LogP contribution in [0.25, 0.3) is 0 Å². The molecule has 2 fully saturated rings. The summed E-state index contributed by atoms with van der Waals surface area (Å²) in [5.41, 5.74) is 10.6. The van der Waals surface area contributed by atoms with Crippen molar-refractivity contribution in [2.24, 2.45) is 23.5 Å². The molecule has 4 atom stereocenters. The molecule has 2 aliphatic carbocycles. The van der Waals surface area contributed by atoms with Gasteiger partial charge in [-0.1, -0.05) is 30.2 Å². The Balaban J connectivity index is 1.59. The third kappa shape index (κ3) is 2.86. The van der Waals surface area contributed by atoms with Crippen molar-refractivity contribution in [2.45, 2.75) is 58.4 Å². The molecule has 1 aromatic carbocycles. The van der Waals surface area contributed by atoms with E-state index in [4.69, 9.17) is 5.73 Å². The van der Waals surface area contributed by atoms with Crippen molar-refractivity contribution in [2.75, 3.05) is 0 Å². The van der Waals surface area contributed by atoms with E-state index in [2.05, 4.69) is 32.0 Å². The average Bonchev–Trinajstić information content (AvgIpc) is 2.96. The molecule has 0 aliphatic heterocycles. The SMILES string of the molecule is Cc1ccc(C)c(CC(N)CC2CC3CCC2C3)c1. The summed E-state index contributed by atoms with van der Waals surface area (Å²) < 4.78 is 0. The van der Waals surface area contributed by atoms with Gasteiger partial charge in [-0.3, -0.25) is 0 Å². The van der Waals surface area contributed by atoms with Gasteiger partial charge in [0.1, 0.15) is 0 Å². The van der Waals surface area contributed by atoms with Gasteiger partial charge in [-0.05, 0) is 74.8 Å². The van der Waals surface area contributed by atoms with Gasteiger partial charge in [0.15, 0.2) is 0 Å². The largest absolute Gasteiger partial charge is 0.327 e. The number of rotatable bonds is 4. The lowest BCUT2D eigenvalue weighted by atomic mass is 9.83. The third-order valence-corrected chi connectivity index (χ3v) is 5.48. The fourth-order valence-corrected chi connectivity index (χ4v) is 4.44. The van der Waals surface area contributed by atoms with Crippen molar-refractivity contribution in [1.29, 1.82) is 0 Å². The van der Waals surface area contributed by atoms with E-state index < -0.39 is 0 Å². The highest BCUT2D eigenvalue weighted by molar-refractivity contribution is 5.31. The second-order valence-electron chi connectivity index (χ2n) is 7.06. The summed E-state index contributed by atoms with van der Waals surface area (Å²) in [6.45, 7) is 4.38. The van der Waals surface area contributed by atoms with Gasteiger partial charge in [0.25, 0.3) is 0 Å². The normalized spacial score (nSPS) is 30.8. The highest BCUT2D eigenvalue weighted by Crippen LogP contribution is 2.49. The quantitative estimate of drug-likeness (QED) is 0.867. The lowest BCUT2D eigenvalue weighted by molar-refractivity contribution is 0.294.